The van der Waals surface area contributed by atoms with Gasteiger partial charge in [-0.15, -0.1) is 0 Å². The molecule has 0 saturated heterocycles. The summed E-state index contributed by atoms with van der Waals surface area (Å²) in [4.78, 5) is 16.9. The fraction of sp³-hybridized carbons (Fsp3) is 0.158. The highest BCUT2D eigenvalue weighted by molar-refractivity contribution is 6.30. The molecule has 1 aromatic carbocycles. The van der Waals surface area contributed by atoms with E-state index in [0.29, 0.717) is 27.4 Å². The first-order chi connectivity index (χ1) is 13.0. The maximum atomic E-state index is 13.7. The average molecular weight is 385 g/mol. The van der Waals surface area contributed by atoms with Crippen molar-refractivity contribution >= 4 is 22.6 Å². The van der Waals surface area contributed by atoms with Crippen LogP contribution < -0.4 is 5.56 Å². The second-order valence-corrected chi connectivity index (χ2v) is 6.63. The van der Waals surface area contributed by atoms with Gasteiger partial charge in [0.1, 0.15) is 16.9 Å². The van der Waals surface area contributed by atoms with Gasteiger partial charge in [-0.25, -0.2) is 9.07 Å². The highest BCUT2D eigenvalue weighted by atomic mass is 35.5. The third-order valence-corrected chi connectivity index (χ3v) is 4.66. The number of aryl methyl sites for hydroxylation is 1. The lowest BCUT2D eigenvalue weighted by Gasteiger charge is -2.16. The molecule has 0 aliphatic rings. The fourth-order valence-electron chi connectivity index (χ4n) is 2.97. The molecular formula is C19H14ClFN4O2. The second-order valence-electron chi connectivity index (χ2n) is 6.19. The lowest BCUT2D eigenvalue weighted by molar-refractivity contribution is 0.448. The Balaban J connectivity index is 1.98. The molecule has 1 atom stereocenters. The summed E-state index contributed by atoms with van der Waals surface area (Å²) < 4.78 is 20.3. The van der Waals surface area contributed by atoms with Gasteiger partial charge in [-0.2, -0.15) is 5.10 Å². The highest BCUT2D eigenvalue weighted by Gasteiger charge is 2.22. The van der Waals surface area contributed by atoms with Crippen LogP contribution in [0.25, 0.3) is 22.2 Å². The topological polar surface area (TPSA) is 73.8 Å². The first kappa shape index (κ1) is 17.4. The van der Waals surface area contributed by atoms with Gasteiger partial charge < -0.3 is 4.52 Å². The van der Waals surface area contributed by atoms with E-state index in [1.165, 1.54) is 16.9 Å². The van der Waals surface area contributed by atoms with E-state index in [1.54, 1.807) is 19.1 Å². The Labute approximate surface area is 158 Å². The summed E-state index contributed by atoms with van der Waals surface area (Å²) in [6, 6.07) is 8.06. The van der Waals surface area contributed by atoms with Gasteiger partial charge in [0.15, 0.2) is 0 Å². The number of fused-ring (bicyclic) bond motifs is 1. The molecule has 0 aliphatic heterocycles. The van der Waals surface area contributed by atoms with E-state index >= 15 is 0 Å². The van der Waals surface area contributed by atoms with Crippen molar-refractivity contribution in [1.82, 2.24) is 19.9 Å². The van der Waals surface area contributed by atoms with Crippen LogP contribution in [0.1, 0.15) is 24.2 Å². The Bertz CT molecular complexity index is 1200. The van der Waals surface area contributed by atoms with Crippen molar-refractivity contribution in [2.75, 3.05) is 0 Å². The summed E-state index contributed by atoms with van der Waals surface area (Å²) in [5, 5.41) is 9.25. The van der Waals surface area contributed by atoms with E-state index in [2.05, 4.69) is 15.2 Å². The van der Waals surface area contributed by atoms with Crippen LogP contribution in [0.2, 0.25) is 5.02 Å². The van der Waals surface area contributed by atoms with E-state index in [9.17, 15) is 9.18 Å². The van der Waals surface area contributed by atoms with E-state index in [1.807, 2.05) is 19.1 Å². The molecule has 0 bridgehead atoms. The summed E-state index contributed by atoms with van der Waals surface area (Å²) in [5.74, 6) is -0.512. The maximum Gasteiger partial charge on any atom is 0.280 e. The van der Waals surface area contributed by atoms with E-state index in [-0.39, 0.29) is 17.2 Å². The van der Waals surface area contributed by atoms with Gasteiger partial charge >= 0.3 is 0 Å². The average Bonchev–Trinajstić information content (AvgIpc) is 3.04. The minimum atomic E-state index is -0.512. The molecular weight excluding hydrogens is 371 g/mol. The van der Waals surface area contributed by atoms with Gasteiger partial charge in [0.05, 0.1) is 17.9 Å². The van der Waals surface area contributed by atoms with Crippen LogP contribution in [-0.4, -0.2) is 19.9 Å². The van der Waals surface area contributed by atoms with Gasteiger partial charge in [0, 0.05) is 16.8 Å². The predicted octanol–water partition coefficient (Wildman–Crippen LogP) is 4.16. The lowest BCUT2D eigenvalue weighted by Crippen LogP contribution is -2.27. The first-order valence-corrected chi connectivity index (χ1v) is 8.58. The standard InChI is InChI=1S/C19H14ClFN4O2/c1-10-16-18(27-24-10)17(13-7-15(21)9-22-8-13)23-25(19(16)26)11(2)12-3-5-14(20)6-4-12/h3-9,11H,1-2H3. The minimum Gasteiger partial charge on any atom is -0.353 e. The number of nitrogens with zero attached hydrogens (tertiary/aromatic N) is 4. The van der Waals surface area contributed by atoms with E-state index in [4.69, 9.17) is 16.1 Å². The Kier molecular flexibility index (Phi) is 4.24. The van der Waals surface area contributed by atoms with Gasteiger partial charge in [0.25, 0.3) is 5.56 Å². The normalized spacial score (nSPS) is 12.4. The van der Waals surface area contributed by atoms with Crippen molar-refractivity contribution < 1.29 is 8.91 Å². The SMILES string of the molecule is Cc1noc2c(-c3cncc(F)c3)nn(C(C)c3ccc(Cl)cc3)c(=O)c12. The Morgan fingerprint density at radius 2 is 1.96 bits per heavy atom. The third-order valence-electron chi connectivity index (χ3n) is 4.41. The zero-order valence-corrected chi connectivity index (χ0v) is 15.2. The van der Waals surface area contributed by atoms with E-state index < -0.39 is 5.82 Å². The van der Waals surface area contributed by atoms with E-state index in [0.717, 1.165) is 11.8 Å². The van der Waals surface area contributed by atoms with Crippen LogP contribution in [0.3, 0.4) is 0 Å². The van der Waals surface area contributed by atoms with Crippen LogP contribution in [0.4, 0.5) is 4.39 Å². The zero-order chi connectivity index (χ0) is 19.1. The number of hydrogen-bond acceptors (Lipinski definition) is 5. The largest absolute Gasteiger partial charge is 0.353 e. The molecule has 4 rings (SSSR count). The van der Waals surface area contributed by atoms with Crippen molar-refractivity contribution in [2.24, 2.45) is 0 Å². The highest BCUT2D eigenvalue weighted by Crippen LogP contribution is 2.28. The number of hydrogen-bond donors (Lipinski definition) is 0. The summed E-state index contributed by atoms with van der Waals surface area (Å²) in [5.41, 5.74) is 1.88. The molecule has 136 valence electrons. The Morgan fingerprint density at radius 3 is 2.67 bits per heavy atom. The maximum absolute atomic E-state index is 13.7. The van der Waals surface area contributed by atoms with Crippen LogP contribution >= 0.6 is 11.6 Å². The van der Waals surface area contributed by atoms with Crippen molar-refractivity contribution in [3.05, 3.63) is 75.2 Å². The smallest absolute Gasteiger partial charge is 0.280 e. The molecule has 3 aromatic heterocycles. The molecule has 27 heavy (non-hydrogen) atoms. The van der Waals surface area contributed by atoms with Gasteiger partial charge in [-0.1, -0.05) is 28.9 Å². The van der Waals surface area contributed by atoms with Crippen LogP contribution in [0.5, 0.6) is 0 Å². The van der Waals surface area contributed by atoms with Gasteiger partial charge in [0.2, 0.25) is 5.58 Å². The lowest BCUT2D eigenvalue weighted by atomic mass is 10.1. The second kappa shape index (κ2) is 6.59. The number of halogens is 2. The molecule has 8 heteroatoms. The fourth-order valence-corrected chi connectivity index (χ4v) is 3.10. The van der Waals surface area contributed by atoms with Crippen molar-refractivity contribution in [1.29, 1.82) is 0 Å². The molecule has 1 unspecified atom stereocenters. The number of pyridine rings is 1. The molecule has 4 aromatic rings. The number of rotatable bonds is 3. The molecule has 0 spiro atoms. The molecule has 0 radical (unpaired) electrons. The molecule has 6 nitrogen and oxygen atoms in total. The Morgan fingerprint density at radius 1 is 1.22 bits per heavy atom. The molecule has 3 heterocycles. The summed E-state index contributed by atoms with van der Waals surface area (Å²) >= 11 is 5.95. The van der Waals surface area contributed by atoms with Crippen LogP contribution in [0.15, 0.2) is 52.0 Å². The summed E-state index contributed by atoms with van der Waals surface area (Å²) in [6.45, 7) is 3.53. The molecule has 0 N–H and O–H groups in total. The van der Waals surface area contributed by atoms with Gasteiger partial charge in [-0.05, 0) is 37.6 Å². The minimum absolute atomic E-state index is 0.212. The van der Waals surface area contributed by atoms with Crippen molar-refractivity contribution in [3.8, 4) is 11.3 Å². The van der Waals surface area contributed by atoms with Gasteiger partial charge in [-0.3, -0.25) is 9.78 Å². The van der Waals surface area contributed by atoms with Crippen molar-refractivity contribution in [2.45, 2.75) is 19.9 Å². The number of aromatic nitrogens is 4. The Hall–Kier alpha value is -3.06. The first-order valence-electron chi connectivity index (χ1n) is 8.21. The zero-order valence-electron chi connectivity index (χ0n) is 14.5. The monoisotopic (exact) mass is 384 g/mol. The van der Waals surface area contributed by atoms with Crippen LogP contribution in [-0.2, 0) is 0 Å². The molecule has 0 amide bonds. The molecule has 0 saturated carbocycles. The third kappa shape index (κ3) is 3.00. The van der Waals surface area contributed by atoms with Crippen LogP contribution in [0, 0.1) is 12.7 Å². The predicted molar refractivity (Wildman–Crippen MR) is 99.3 cm³/mol. The number of benzene rings is 1. The summed E-state index contributed by atoms with van der Waals surface area (Å²) in [7, 11) is 0. The molecule has 0 fully saturated rings. The van der Waals surface area contributed by atoms with Crippen molar-refractivity contribution in [3.63, 3.8) is 0 Å². The summed E-state index contributed by atoms with van der Waals surface area (Å²) in [6.07, 6.45) is 2.56. The molecule has 0 aliphatic carbocycles. The quantitative estimate of drug-likeness (QED) is 0.530.